The van der Waals surface area contributed by atoms with Crippen molar-refractivity contribution in [2.45, 2.75) is 25.2 Å². The molecule has 1 atom stereocenters. The van der Waals surface area contributed by atoms with E-state index >= 15 is 0 Å². The number of amides is 2. The molecule has 152 valence electrons. The number of rotatable bonds is 7. The Morgan fingerprint density at radius 1 is 1.07 bits per heavy atom. The molecule has 2 N–H and O–H groups in total. The predicted molar refractivity (Wildman–Crippen MR) is 97.3 cm³/mol. The Hall–Kier alpha value is -3.54. The normalized spacial score (nSPS) is 11.8. The summed E-state index contributed by atoms with van der Waals surface area (Å²) in [4.78, 5) is 24.3. The molecular weight excluding hydrogens is 387 g/mol. The van der Waals surface area contributed by atoms with Crippen LogP contribution in [0.15, 0.2) is 54.6 Å². The lowest BCUT2D eigenvalue weighted by Crippen LogP contribution is -2.48. The smallest absolute Gasteiger partial charge is 0.416 e. The van der Waals surface area contributed by atoms with Crippen LogP contribution in [-0.4, -0.2) is 24.6 Å². The number of alkyl carbamates (subject to hydrolysis) is 1. The van der Waals surface area contributed by atoms with E-state index in [1.165, 1.54) is 18.2 Å². The van der Waals surface area contributed by atoms with Gasteiger partial charge in [0, 0.05) is 6.42 Å². The highest BCUT2D eigenvalue weighted by Crippen LogP contribution is 2.32. The van der Waals surface area contributed by atoms with Crippen molar-refractivity contribution in [2.75, 3.05) is 6.54 Å². The van der Waals surface area contributed by atoms with E-state index in [0.29, 0.717) is 5.56 Å². The Labute approximate surface area is 165 Å². The average Bonchev–Trinajstić information content (AvgIpc) is 2.70. The molecule has 0 fully saturated rings. The molecule has 29 heavy (non-hydrogen) atoms. The number of ether oxygens (including phenoxy) is 1. The van der Waals surface area contributed by atoms with Gasteiger partial charge in [-0.05, 0) is 17.2 Å². The summed E-state index contributed by atoms with van der Waals surface area (Å²) in [5, 5.41) is 13.1. The standard InChI is InChI=1S/C20H18F3N3O3/c21-20(22,23)16-9-5-4-8-15(16)12-17(18(27)25-11-10-24)26-19(28)29-13-14-6-2-1-3-7-14/h1-9,17H,11-13H2,(H,25,27)(H,26,28). The minimum atomic E-state index is -4.61. The summed E-state index contributed by atoms with van der Waals surface area (Å²) in [6.07, 6.45) is -6.00. The van der Waals surface area contributed by atoms with Crippen LogP contribution < -0.4 is 10.6 Å². The van der Waals surface area contributed by atoms with Gasteiger partial charge in [0.1, 0.15) is 19.2 Å². The van der Waals surface area contributed by atoms with Crippen molar-refractivity contribution in [3.05, 3.63) is 71.3 Å². The number of carbonyl (C=O) groups is 2. The molecule has 6 nitrogen and oxygen atoms in total. The summed E-state index contributed by atoms with van der Waals surface area (Å²) in [7, 11) is 0. The number of halogens is 3. The average molecular weight is 405 g/mol. The van der Waals surface area contributed by atoms with Gasteiger partial charge in [0.15, 0.2) is 0 Å². The molecular formula is C20H18F3N3O3. The zero-order chi connectivity index (χ0) is 21.3. The van der Waals surface area contributed by atoms with Gasteiger partial charge >= 0.3 is 12.3 Å². The zero-order valence-corrected chi connectivity index (χ0v) is 15.2. The Morgan fingerprint density at radius 3 is 2.38 bits per heavy atom. The third-order valence-electron chi connectivity index (χ3n) is 3.91. The molecule has 0 spiro atoms. The molecule has 0 radical (unpaired) electrons. The van der Waals surface area contributed by atoms with Gasteiger partial charge in [0.2, 0.25) is 5.91 Å². The SMILES string of the molecule is N#CCNC(=O)C(Cc1ccccc1C(F)(F)F)NC(=O)OCc1ccccc1. The minimum Gasteiger partial charge on any atom is -0.445 e. The van der Waals surface area contributed by atoms with Crippen molar-refractivity contribution in [3.8, 4) is 6.07 Å². The predicted octanol–water partition coefficient (Wildman–Crippen LogP) is 3.18. The molecule has 1 unspecified atom stereocenters. The Balaban J connectivity index is 2.12. The first kappa shape index (κ1) is 21.8. The van der Waals surface area contributed by atoms with Crippen LogP contribution >= 0.6 is 0 Å². The van der Waals surface area contributed by atoms with Gasteiger partial charge in [-0.15, -0.1) is 0 Å². The number of hydrogen-bond acceptors (Lipinski definition) is 4. The van der Waals surface area contributed by atoms with Crippen LogP contribution in [-0.2, 0) is 28.7 Å². The molecule has 0 saturated heterocycles. The lowest BCUT2D eigenvalue weighted by Gasteiger charge is -2.20. The highest BCUT2D eigenvalue weighted by Gasteiger charge is 2.34. The van der Waals surface area contributed by atoms with E-state index in [-0.39, 0.29) is 18.7 Å². The molecule has 0 aromatic heterocycles. The molecule has 9 heteroatoms. The van der Waals surface area contributed by atoms with E-state index in [2.05, 4.69) is 10.6 Å². The maximum absolute atomic E-state index is 13.2. The van der Waals surface area contributed by atoms with Gasteiger partial charge in [-0.1, -0.05) is 48.5 Å². The van der Waals surface area contributed by atoms with Crippen LogP contribution in [0.5, 0.6) is 0 Å². The van der Waals surface area contributed by atoms with Crippen LogP contribution in [0.2, 0.25) is 0 Å². The fraction of sp³-hybridized carbons (Fsp3) is 0.250. The van der Waals surface area contributed by atoms with Crippen molar-refractivity contribution >= 4 is 12.0 Å². The first-order valence-electron chi connectivity index (χ1n) is 8.58. The monoisotopic (exact) mass is 405 g/mol. The maximum Gasteiger partial charge on any atom is 0.416 e. The number of alkyl halides is 3. The summed E-state index contributed by atoms with van der Waals surface area (Å²) in [6.45, 7) is -0.421. The fourth-order valence-electron chi connectivity index (χ4n) is 2.56. The van der Waals surface area contributed by atoms with E-state index in [0.717, 1.165) is 6.07 Å². The highest BCUT2D eigenvalue weighted by molar-refractivity contribution is 5.86. The van der Waals surface area contributed by atoms with E-state index < -0.39 is 36.2 Å². The molecule has 2 amide bonds. The summed E-state index contributed by atoms with van der Waals surface area (Å²) >= 11 is 0. The van der Waals surface area contributed by atoms with Gasteiger partial charge in [-0.3, -0.25) is 4.79 Å². The number of nitriles is 1. The molecule has 0 aliphatic heterocycles. The quantitative estimate of drug-likeness (QED) is 0.693. The number of carbonyl (C=O) groups excluding carboxylic acids is 2. The Morgan fingerprint density at radius 2 is 1.72 bits per heavy atom. The van der Waals surface area contributed by atoms with Crippen LogP contribution in [0, 0.1) is 11.3 Å². The molecule has 2 rings (SSSR count). The van der Waals surface area contributed by atoms with Crippen LogP contribution in [0.25, 0.3) is 0 Å². The number of hydrogen-bond donors (Lipinski definition) is 2. The second-order valence-corrected chi connectivity index (χ2v) is 5.99. The summed E-state index contributed by atoms with van der Waals surface area (Å²) in [6, 6.07) is 13.9. The van der Waals surface area contributed by atoms with Crippen LogP contribution in [0.1, 0.15) is 16.7 Å². The molecule has 0 bridgehead atoms. The second-order valence-electron chi connectivity index (χ2n) is 5.99. The van der Waals surface area contributed by atoms with Crippen molar-refractivity contribution in [3.63, 3.8) is 0 Å². The van der Waals surface area contributed by atoms with Gasteiger partial charge < -0.3 is 15.4 Å². The summed E-state index contributed by atoms with van der Waals surface area (Å²) in [5.41, 5.74) is -0.367. The Bertz CT molecular complexity index is 880. The molecule has 0 heterocycles. The van der Waals surface area contributed by atoms with E-state index in [4.69, 9.17) is 10.00 Å². The maximum atomic E-state index is 13.2. The molecule has 2 aromatic rings. The number of benzene rings is 2. The van der Waals surface area contributed by atoms with Crippen molar-refractivity contribution in [1.82, 2.24) is 10.6 Å². The molecule has 0 aliphatic carbocycles. The first-order chi connectivity index (χ1) is 13.8. The van der Waals surface area contributed by atoms with Gasteiger partial charge in [0.25, 0.3) is 0 Å². The van der Waals surface area contributed by atoms with E-state index in [9.17, 15) is 22.8 Å². The highest BCUT2D eigenvalue weighted by atomic mass is 19.4. The Kier molecular flexibility index (Phi) is 7.60. The van der Waals surface area contributed by atoms with Gasteiger partial charge in [-0.25, -0.2) is 4.79 Å². The van der Waals surface area contributed by atoms with Crippen LogP contribution in [0.3, 0.4) is 0 Å². The zero-order valence-electron chi connectivity index (χ0n) is 15.2. The van der Waals surface area contributed by atoms with E-state index in [1.807, 2.05) is 0 Å². The molecule has 0 saturated carbocycles. The number of nitrogens with zero attached hydrogens (tertiary/aromatic N) is 1. The fourth-order valence-corrected chi connectivity index (χ4v) is 2.56. The largest absolute Gasteiger partial charge is 0.445 e. The first-order valence-corrected chi connectivity index (χ1v) is 8.58. The lowest BCUT2D eigenvalue weighted by atomic mass is 9.99. The van der Waals surface area contributed by atoms with Gasteiger partial charge in [-0.2, -0.15) is 18.4 Å². The minimum absolute atomic E-state index is 0.0711. The van der Waals surface area contributed by atoms with Gasteiger partial charge in [0.05, 0.1) is 11.6 Å². The second kappa shape index (κ2) is 10.1. The summed E-state index contributed by atoms with van der Waals surface area (Å²) < 4.78 is 44.7. The molecule has 2 aromatic carbocycles. The van der Waals surface area contributed by atoms with Crippen LogP contribution in [0.4, 0.5) is 18.0 Å². The third kappa shape index (κ3) is 6.84. The third-order valence-corrected chi connectivity index (χ3v) is 3.91. The summed E-state index contributed by atoms with van der Waals surface area (Å²) in [5.74, 6) is -0.791. The van der Waals surface area contributed by atoms with Crippen molar-refractivity contribution < 1.29 is 27.5 Å². The number of nitrogens with one attached hydrogen (secondary N) is 2. The van der Waals surface area contributed by atoms with Crippen molar-refractivity contribution in [1.29, 1.82) is 5.26 Å². The van der Waals surface area contributed by atoms with Crippen molar-refractivity contribution in [2.24, 2.45) is 0 Å². The lowest BCUT2D eigenvalue weighted by molar-refractivity contribution is -0.138. The molecule has 0 aliphatic rings. The topological polar surface area (TPSA) is 91.2 Å². The van der Waals surface area contributed by atoms with E-state index in [1.54, 1.807) is 36.4 Å².